The third kappa shape index (κ3) is 2.82. The number of carbonyl (C=O) groups excluding carboxylic acids is 2. The van der Waals surface area contributed by atoms with Crippen LogP contribution in [0.25, 0.3) is 0 Å². The summed E-state index contributed by atoms with van der Waals surface area (Å²) in [5, 5.41) is 0. The Morgan fingerprint density at radius 3 is 2.81 bits per heavy atom. The summed E-state index contributed by atoms with van der Waals surface area (Å²) >= 11 is 3.26. The van der Waals surface area contributed by atoms with Crippen molar-refractivity contribution in [3.05, 3.63) is 28.2 Å². The molecule has 2 N–H and O–H groups in total. The molecule has 0 aliphatic carbocycles. The molecule has 0 aliphatic heterocycles. The van der Waals surface area contributed by atoms with Crippen molar-refractivity contribution in [2.24, 2.45) is 5.73 Å². The van der Waals surface area contributed by atoms with Gasteiger partial charge >= 0.3 is 0 Å². The van der Waals surface area contributed by atoms with Gasteiger partial charge in [0.25, 0.3) is 5.91 Å². The highest BCUT2D eigenvalue weighted by atomic mass is 79.9. The van der Waals surface area contributed by atoms with Crippen molar-refractivity contribution >= 4 is 28.1 Å². The Morgan fingerprint density at radius 2 is 2.31 bits per heavy atom. The van der Waals surface area contributed by atoms with Gasteiger partial charge in [-0.15, -0.1) is 0 Å². The first-order chi connectivity index (χ1) is 7.60. The lowest BCUT2D eigenvalue weighted by atomic mass is 10.2. The van der Waals surface area contributed by atoms with E-state index in [1.54, 1.807) is 25.1 Å². The molecule has 1 rings (SSSR count). The van der Waals surface area contributed by atoms with Gasteiger partial charge < -0.3 is 10.5 Å². The summed E-state index contributed by atoms with van der Waals surface area (Å²) in [6.45, 7) is 1.78. The Morgan fingerprint density at radius 1 is 1.62 bits per heavy atom. The molecule has 0 aromatic heterocycles. The summed E-state index contributed by atoms with van der Waals surface area (Å²) < 4.78 is 6.05. The zero-order valence-electron chi connectivity index (χ0n) is 8.77. The van der Waals surface area contributed by atoms with Gasteiger partial charge in [0.05, 0.1) is 10.0 Å². The van der Waals surface area contributed by atoms with Crippen LogP contribution >= 0.6 is 15.9 Å². The number of hydrogen-bond acceptors (Lipinski definition) is 3. The molecule has 1 amide bonds. The normalized spacial score (nSPS) is 11.9. The van der Waals surface area contributed by atoms with Crippen LogP contribution in [0.4, 0.5) is 0 Å². The average molecular weight is 286 g/mol. The van der Waals surface area contributed by atoms with Crippen molar-refractivity contribution in [3.63, 3.8) is 0 Å². The average Bonchev–Trinajstić information content (AvgIpc) is 2.26. The topological polar surface area (TPSA) is 69.4 Å². The number of primary amides is 1. The number of rotatable bonds is 5. The number of amides is 1. The van der Waals surface area contributed by atoms with Crippen molar-refractivity contribution in [1.82, 2.24) is 0 Å². The molecule has 0 saturated carbocycles. The smallest absolute Gasteiger partial charge is 0.258 e. The zero-order valence-corrected chi connectivity index (χ0v) is 10.4. The molecular weight excluding hydrogens is 274 g/mol. The minimum absolute atomic E-state index is 0.350. The molecule has 5 heteroatoms. The first-order valence-electron chi connectivity index (χ1n) is 4.79. The first kappa shape index (κ1) is 12.7. The second kappa shape index (κ2) is 5.65. The van der Waals surface area contributed by atoms with E-state index in [0.29, 0.717) is 28.5 Å². The Labute approximate surface area is 102 Å². The van der Waals surface area contributed by atoms with E-state index in [1.807, 2.05) is 0 Å². The highest BCUT2D eigenvalue weighted by molar-refractivity contribution is 9.10. The van der Waals surface area contributed by atoms with Crippen molar-refractivity contribution < 1.29 is 14.3 Å². The maximum atomic E-state index is 11.0. The molecule has 1 aromatic rings. The Balaban J connectivity index is 3.03. The van der Waals surface area contributed by atoms with Gasteiger partial charge in [0.1, 0.15) is 5.75 Å². The molecule has 0 spiro atoms. The van der Waals surface area contributed by atoms with Crippen LogP contribution in [0.3, 0.4) is 0 Å². The fourth-order valence-electron chi connectivity index (χ4n) is 1.23. The van der Waals surface area contributed by atoms with Crippen LogP contribution in [-0.4, -0.2) is 18.3 Å². The maximum absolute atomic E-state index is 11.0. The van der Waals surface area contributed by atoms with Crippen LogP contribution in [0.5, 0.6) is 5.75 Å². The van der Waals surface area contributed by atoms with E-state index in [-0.39, 0.29) is 0 Å². The monoisotopic (exact) mass is 285 g/mol. The van der Waals surface area contributed by atoms with E-state index < -0.39 is 12.0 Å². The zero-order chi connectivity index (χ0) is 12.1. The molecule has 0 radical (unpaired) electrons. The van der Waals surface area contributed by atoms with Crippen molar-refractivity contribution in [2.75, 3.05) is 0 Å². The number of nitrogens with two attached hydrogens (primary N) is 1. The quantitative estimate of drug-likeness (QED) is 0.840. The predicted molar refractivity (Wildman–Crippen MR) is 63.4 cm³/mol. The summed E-state index contributed by atoms with van der Waals surface area (Å²) in [5.74, 6) is -0.196. The summed E-state index contributed by atoms with van der Waals surface area (Å²) in [4.78, 5) is 21.8. The third-order valence-corrected chi connectivity index (χ3v) is 2.70. The van der Waals surface area contributed by atoms with Crippen molar-refractivity contribution in [2.45, 2.75) is 19.4 Å². The second-order valence-electron chi connectivity index (χ2n) is 3.19. The van der Waals surface area contributed by atoms with E-state index in [4.69, 9.17) is 10.5 Å². The number of ether oxygens (including phenoxy) is 1. The summed E-state index contributed by atoms with van der Waals surface area (Å²) in [5.41, 5.74) is 5.55. The van der Waals surface area contributed by atoms with E-state index in [0.717, 1.165) is 0 Å². The van der Waals surface area contributed by atoms with Crippen LogP contribution in [0.1, 0.15) is 23.7 Å². The standard InChI is InChI=1S/C11H12BrNO3/c1-2-9(11(13)15)16-10-7(6-14)4-3-5-8(10)12/h3-6,9H,2H2,1H3,(H2,13,15). The molecule has 0 saturated heterocycles. The molecule has 0 bridgehead atoms. The lowest BCUT2D eigenvalue weighted by Gasteiger charge is -2.16. The molecule has 0 heterocycles. The fourth-order valence-corrected chi connectivity index (χ4v) is 1.70. The van der Waals surface area contributed by atoms with Gasteiger partial charge in [0.15, 0.2) is 12.4 Å². The van der Waals surface area contributed by atoms with Gasteiger partial charge in [-0.25, -0.2) is 0 Å². The van der Waals surface area contributed by atoms with E-state index in [1.165, 1.54) is 0 Å². The molecule has 1 aromatic carbocycles. The largest absolute Gasteiger partial charge is 0.479 e. The van der Waals surface area contributed by atoms with Crippen molar-refractivity contribution in [1.29, 1.82) is 0 Å². The van der Waals surface area contributed by atoms with Gasteiger partial charge in [0, 0.05) is 0 Å². The Hall–Kier alpha value is -1.36. The van der Waals surface area contributed by atoms with E-state index in [2.05, 4.69) is 15.9 Å². The molecule has 86 valence electrons. The summed E-state index contributed by atoms with van der Waals surface area (Å²) in [7, 11) is 0. The van der Waals surface area contributed by atoms with Gasteiger partial charge in [-0.2, -0.15) is 0 Å². The minimum Gasteiger partial charge on any atom is -0.479 e. The minimum atomic E-state index is -0.725. The van der Waals surface area contributed by atoms with Crippen LogP contribution in [0.15, 0.2) is 22.7 Å². The Bertz CT molecular complexity index is 406. The van der Waals surface area contributed by atoms with Crippen LogP contribution in [0.2, 0.25) is 0 Å². The third-order valence-electron chi connectivity index (χ3n) is 2.07. The Kier molecular flexibility index (Phi) is 4.49. The molecule has 16 heavy (non-hydrogen) atoms. The van der Waals surface area contributed by atoms with Crippen LogP contribution in [0, 0.1) is 0 Å². The molecule has 0 aliphatic rings. The number of para-hydroxylation sites is 1. The lowest BCUT2D eigenvalue weighted by Crippen LogP contribution is -2.33. The lowest BCUT2D eigenvalue weighted by molar-refractivity contribution is -0.124. The number of halogens is 1. The molecule has 0 fully saturated rings. The number of carbonyl (C=O) groups is 2. The van der Waals surface area contributed by atoms with Crippen LogP contribution in [-0.2, 0) is 4.79 Å². The predicted octanol–water partition coefficient (Wildman–Crippen LogP) is 1.90. The molecule has 4 nitrogen and oxygen atoms in total. The van der Waals surface area contributed by atoms with Gasteiger partial charge in [-0.3, -0.25) is 9.59 Å². The number of benzene rings is 1. The van der Waals surface area contributed by atoms with Crippen LogP contribution < -0.4 is 10.5 Å². The van der Waals surface area contributed by atoms with Gasteiger partial charge in [0.2, 0.25) is 0 Å². The molecule has 1 atom stereocenters. The highest BCUT2D eigenvalue weighted by Gasteiger charge is 2.18. The maximum Gasteiger partial charge on any atom is 0.258 e. The molecular formula is C11H12BrNO3. The highest BCUT2D eigenvalue weighted by Crippen LogP contribution is 2.29. The fraction of sp³-hybridized carbons (Fsp3) is 0.273. The van der Waals surface area contributed by atoms with E-state index >= 15 is 0 Å². The summed E-state index contributed by atoms with van der Waals surface area (Å²) in [6.07, 6.45) is 0.403. The van der Waals surface area contributed by atoms with Gasteiger partial charge in [-0.05, 0) is 34.5 Å². The van der Waals surface area contributed by atoms with Gasteiger partial charge in [-0.1, -0.05) is 13.0 Å². The van der Waals surface area contributed by atoms with Crippen molar-refractivity contribution in [3.8, 4) is 5.75 Å². The first-order valence-corrected chi connectivity index (χ1v) is 5.59. The van der Waals surface area contributed by atoms with E-state index in [9.17, 15) is 9.59 Å². The number of hydrogen-bond donors (Lipinski definition) is 1. The SMILES string of the molecule is CCC(Oc1c(Br)cccc1C=O)C(N)=O. The number of aldehydes is 1. The summed E-state index contributed by atoms with van der Waals surface area (Å²) in [6, 6.07) is 5.06. The molecule has 1 unspecified atom stereocenters. The second-order valence-corrected chi connectivity index (χ2v) is 4.05.